The van der Waals surface area contributed by atoms with Gasteiger partial charge in [0.2, 0.25) is 15.9 Å². The molecule has 4 N–H and O–H groups in total. The molecule has 0 saturated carbocycles. The van der Waals surface area contributed by atoms with Gasteiger partial charge in [-0.05, 0) is 19.1 Å². The lowest BCUT2D eigenvalue weighted by Gasteiger charge is -2.11. The SMILES string of the molecule is COCC(N)C(=O)NCCNS(=O)(=O)c1ccc(C)cc1.Cl. The summed E-state index contributed by atoms with van der Waals surface area (Å²) < 4.78 is 31.1. The third kappa shape index (κ3) is 6.71. The summed E-state index contributed by atoms with van der Waals surface area (Å²) in [5.74, 6) is -0.383. The Morgan fingerprint density at radius 1 is 1.27 bits per heavy atom. The van der Waals surface area contributed by atoms with Gasteiger partial charge in [0.1, 0.15) is 6.04 Å². The van der Waals surface area contributed by atoms with Crippen LogP contribution in [0.5, 0.6) is 0 Å². The first-order valence-corrected chi connectivity index (χ1v) is 7.93. The molecular formula is C13H22ClN3O4S. The van der Waals surface area contributed by atoms with Crippen LogP contribution in [0.25, 0.3) is 0 Å². The van der Waals surface area contributed by atoms with E-state index in [0.717, 1.165) is 5.56 Å². The molecule has 0 spiro atoms. The molecule has 0 aliphatic rings. The van der Waals surface area contributed by atoms with Gasteiger partial charge < -0.3 is 15.8 Å². The minimum Gasteiger partial charge on any atom is -0.383 e. The molecule has 22 heavy (non-hydrogen) atoms. The number of methoxy groups -OCH3 is 1. The van der Waals surface area contributed by atoms with Crippen molar-refractivity contribution in [1.82, 2.24) is 10.0 Å². The minimum atomic E-state index is -3.56. The molecule has 1 atom stereocenters. The van der Waals surface area contributed by atoms with E-state index in [1.54, 1.807) is 12.1 Å². The van der Waals surface area contributed by atoms with E-state index in [-0.39, 0.29) is 42.9 Å². The van der Waals surface area contributed by atoms with Crippen molar-refractivity contribution in [2.45, 2.75) is 17.9 Å². The number of nitrogens with one attached hydrogen (secondary N) is 2. The van der Waals surface area contributed by atoms with Crippen molar-refractivity contribution in [1.29, 1.82) is 0 Å². The van der Waals surface area contributed by atoms with Crippen LogP contribution in [-0.4, -0.2) is 47.2 Å². The van der Waals surface area contributed by atoms with Crippen molar-refractivity contribution in [2.75, 3.05) is 26.8 Å². The maximum Gasteiger partial charge on any atom is 0.240 e. The summed E-state index contributed by atoms with van der Waals surface area (Å²) in [5, 5.41) is 2.53. The second-order valence-corrected chi connectivity index (χ2v) is 6.33. The average Bonchev–Trinajstić information content (AvgIpc) is 2.44. The van der Waals surface area contributed by atoms with Crippen LogP contribution in [0, 0.1) is 6.92 Å². The quantitative estimate of drug-likeness (QED) is 0.561. The van der Waals surface area contributed by atoms with Crippen LogP contribution < -0.4 is 15.8 Å². The van der Waals surface area contributed by atoms with Gasteiger partial charge in [-0.1, -0.05) is 17.7 Å². The first-order chi connectivity index (χ1) is 9.86. The number of halogens is 1. The number of aryl methyl sites for hydroxylation is 1. The summed E-state index contributed by atoms with van der Waals surface area (Å²) in [4.78, 5) is 11.7. The first kappa shape index (κ1) is 20.8. The van der Waals surface area contributed by atoms with Crippen LogP contribution in [0.15, 0.2) is 29.2 Å². The van der Waals surface area contributed by atoms with Crippen molar-refractivity contribution in [3.8, 4) is 0 Å². The van der Waals surface area contributed by atoms with E-state index in [1.807, 2.05) is 6.92 Å². The first-order valence-electron chi connectivity index (χ1n) is 6.45. The molecular weight excluding hydrogens is 330 g/mol. The van der Waals surface area contributed by atoms with Gasteiger partial charge >= 0.3 is 0 Å². The van der Waals surface area contributed by atoms with E-state index in [9.17, 15) is 13.2 Å². The second-order valence-electron chi connectivity index (χ2n) is 4.56. The molecule has 1 aromatic carbocycles. The Morgan fingerprint density at radius 2 is 1.86 bits per heavy atom. The van der Waals surface area contributed by atoms with Crippen molar-refractivity contribution in [2.24, 2.45) is 5.73 Å². The topological polar surface area (TPSA) is 111 Å². The lowest BCUT2D eigenvalue weighted by Crippen LogP contribution is -2.45. The monoisotopic (exact) mass is 351 g/mol. The van der Waals surface area contributed by atoms with Crippen molar-refractivity contribution >= 4 is 28.3 Å². The van der Waals surface area contributed by atoms with Crippen molar-refractivity contribution in [3.63, 3.8) is 0 Å². The lowest BCUT2D eigenvalue weighted by atomic mass is 10.2. The van der Waals surface area contributed by atoms with Gasteiger partial charge in [0, 0.05) is 20.2 Å². The Hall–Kier alpha value is -1.19. The van der Waals surface area contributed by atoms with E-state index < -0.39 is 16.1 Å². The molecule has 1 unspecified atom stereocenters. The van der Waals surface area contributed by atoms with Gasteiger partial charge in [-0.15, -0.1) is 12.4 Å². The largest absolute Gasteiger partial charge is 0.383 e. The fraction of sp³-hybridized carbons (Fsp3) is 0.462. The van der Waals surface area contributed by atoms with Crippen LogP contribution in [0.3, 0.4) is 0 Å². The van der Waals surface area contributed by atoms with Gasteiger partial charge in [0.15, 0.2) is 0 Å². The molecule has 0 heterocycles. The molecule has 0 fully saturated rings. The fourth-order valence-electron chi connectivity index (χ4n) is 1.56. The molecule has 1 aromatic rings. The number of carbonyl (C=O) groups is 1. The number of amides is 1. The number of benzene rings is 1. The van der Waals surface area contributed by atoms with Crippen LogP contribution in [0.1, 0.15) is 5.56 Å². The zero-order valence-corrected chi connectivity index (χ0v) is 14.2. The summed E-state index contributed by atoms with van der Waals surface area (Å²) in [7, 11) is -2.12. The highest BCUT2D eigenvalue weighted by molar-refractivity contribution is 7.89. The number of rotatable bonds is 8. The lowest BCUT2D eigenvalue weighted by molar-refractivity contribution is -0.123. The summed E-state index contributed by atoms with van der Waals surface area (Å²) in [5.41, 5.74) is 6.51. The Morgan fingerprint density at radius 3 is 2.41 bits per heavy atom. The van der Waals surface area contributed by atoms with E-state index in [1.165, 1.54) is 19.2 Å². The molecule has 0 aromatic heterocycles. The Kier molecular flexibility index (Phi) is 9.22. The highest BCUT2D eigenvalue weighted by Crippen LogP contribution is 2.09. The molecule has 0 bridgehead atoms. The molecule has 126 valence electrons. The zero-order chi connectivity index (χ0) is 15.9. The standard InChI is InChI=1S/C13H21N3O4S.ClH/c1-10-3-5-11(6-4-10)21(18,19)16-8-7-15-13(17)12(14)9-20-2;/h3-6,12,16H,7-9,14H2,1-2H3,(H,15,17);1H. The second kappa shape index (κ2) is 9.75. The van der Waals surface area contributed by atoms with Gasteiger partial charge in [-0.2, -0.15) is 0 Å². The van der Waals surface area contributed by atoms with Gasteiger partial charge in [0.25, 0.3) is 0 Å². The predicted octanol–water partition coefficient (Wildman–Crippen LogP) is -0.215. The Bertz CT molecular complexity index is 563. The third-order valence-electron chi connectivity index (χ3n) is 2.73. The highest BCUT2D eigenvalue weighted by atomic mass is 35.5. The Labute approximate surface area is 137 Å². The molecule has 9 heteroatoms. The van der Waals surface area contributed by atoms with Crippen molar-refractivity contribution in [3.05, 3.63) is 29.8 Å². The summed E-state index contributed by atoms with van der Waals surface area (Å²) in [6.45, 7) is 2.23. The number of ether oxygens (including phenoxy) is 1. The minimum absolute atomic E-state index is 0. The number of hydrogen-bond acceptors (Lipinski definition) is 5. The summed E-state index contributed by atoms with van der Waals surface area (Å²) in [6.07, 6.45) is 0. The molecule has 0 aliphatic carbocycles. The Balaban J connectivity index is 0.00000441. The number of sulfonamides is 1. The number of carbonyl (C=O) groups excluding carboxylic acids is 1. The number of nitrogens with two attached hydrogens (primary N) is 1. The smallest absolute Gasteiger partial charge is 0.240 e. The molecule has 7 nitrogen and oxygen atoms in total. The maximum atomic E-state index is 12.0. The van der Waals surface area contributed by atoms with Crippen LogP contribution in [0.2, 0.25) is 0 Å². The van der Waals surface area contributed by atoms with Crippen LogP contribution in [-0.2, 0) is 19.6 Å². The normalized spacial score (nSPS) is 12.3. The molecule has 0 saturated heterocycles. The third-order valence-corrected chi connectivity index (χ3v) is 4.21. The molecule has 1 rings (SSSR count). The summed E-state index contributed by atoms with van der Waals surface area (Å²) in [6, 6.07) is 5.75. The molecule has 1 amide bonds. The van der Waals surface area contributed by atoms with E-state index in [0.29, 0.717) is 0 Å². The van der Waals surface area contributed by atoms with Gasteiger partial charge in [-0.3, -0.25) is 4.79 Å². The van der Waals surface area contributed by atoms with Gasteiger partial charge in [0.05, 0.1) is 11.5 Å². The van der Waals surface area contributed by atoms with E-state index >= 15 is 0 Å². The highest BCUT2D eigenvalue weighted by Gasteiger charge is 2.14. The van der Waals surface area contributed by atoms with Gasteiger partial charge in [-0.25, -0.2) is 13.1 Å². The summed E-state index contributed by atoms with van der Waals surface area (Å²) >= 11 is 0. The fourth-order valence-corrected chi connectivity index (χ4v) is 2.59. The zero-order valence-electron chi connectivity index (χ0n) is 12.5. The van der Waals surface area contributed by atoms with Crippen LogP contribution >= 0.6 is 12.4 Å². The average molecular weight is 352 g/mol. The maximum absolute atomic E-state index is 12.0. The van der Waals surface area contributed by atoms with E-state index in [4.69, 9.17) is 10.5 Å². The van der Waals surface area contributed by atoms with Crippen molar-refractivity contribution < 1.29 is 17.9 Å². The molecule has 0 radical (unpaired) electrons. The van der Waals surface area contributed by atoms with E-state index in [2.05, 4.69) is 10.0 Å². The molecule has 0 aliphatic heterocycles. The predicted molar refractivity (Wildman–Crippen MR) is 86.5 cm³/mol. The number of hydrogen-bond donors (Lipinski definition) is 3. The van der Waals surface area contributed by atoms with Crippen LogP contribution in [0.4, 0.5) is 0 Å².